The lowest BCUT2D eigenvalue weighted by Crippen LogP contribution is -2.23. The molecule has 6 heteroatoms. The van der Waals surface area contributed by atoms with E-state index in [-0.39, 0.29) is 5.75 Å². The molecule has 0 radical (unpaired) electrons. The Morgan fingerprint density at radius 3 is 2.33 bits per heavy atom. The number of unbranched alkanes of at least 4 members (excludes halogenated alkanes) is 1. The fourth-order valence-corrected chi connectivity index (χ4v) is 2.49. The van der Waals surface area contributed by atoms with Gasteiger partial charge in [0.05, 0.1) is 6.67 Å². The average Bonchev–Trinajstić information content (AvgIpc) is 2.82. The van der Waals surface area contributed by atoms with Crippen LogP contribution in [0.15, 0.2) is 42.7 Å². The van der Waals surface area contributed by atoms with E-state index in [1.165, 1.54) is 19.4 Å². The van der Waals surface area contributed by atoms with E-state index in [1.807, 2.05) is 0 Å². The fraction of sp³-hybridized carbons (Fsp3) is 0.467. The van der Waals surface area contributed by atoms with Crippen molar-refractivity contribution in [1.82, 2.24) is 9.80 Å². The number of benzene rings is 1. The van der Waals surface area contributed by atoms with Gasteiger partial charge in [0, 0.05) is 26.0 Å². The van der Waals surface area contributed by atoms with Gasteiger partial charge in [-0.3, -0.25) is 4.55 Å². The summed E-state index contributed by atoms with van der Waals surface area (Å²) in [7, 11) is -1.78. The Labute approximate surface area is 127 Å². The highest BCUT2D eigenvalue weighted by Crippen LogP contribution is 2.04. The molecule has 2 rings (SSSR count). The normalized spacial score (nSPS) is 14.0. The van der Waals surface area contributed by atoms with E-state index in [0.29, 0.717) is 5.56 Å². The Hall–Kier alpha value is -1.53. The van der Waals surface area contributed by atoms with E-state index in [1.54, 1.807) is 30.3 Å². The van der Waals surface area contributed by atoms with Crippen LogP contribution in [0.5, 0.6) is 0 Å². The van der Waals surface area contributed by atoms with Crippen LogP contribution >= 0.6 is 0 Å². The smallest absolute Gasteiger partial charge is 0.269 e. The molecule has 0 saturated heterocycles. The summed E-state index contributed by atoms with van der Waals surface area (Å²) < 4.78 is 29.2. The quantitative estimate of drug-likeness (QED) is 0.847. The van der Waals surface area contributed by atoms with Crippen LogP contribution in [0.2, 0.25) is 0 Å². The fourth-order valence-electron chi connectivity index (χ4n) is 1.88. The first-order valence-electron chi connectivity index (χ1n) is 7.02. The third-order valence-electron chi connectivity index (χ3n) is 2.93. The van der Waals surface area contributed by atoms with Crippen molar-refractivity contribution in [3.63, 3.8) is 0 Å². The first-order valence-corrected chi connectivity index (χ1v) is 8.63. The summed E-state index contributed by atoms with van der Waals surface area (Å²) in [5, 5.41) is 0. The van der Waals surface area contributed by atoms with Crippen LogP contribution in [-0.2, 0) is 15.9 Å². The summed E-state index contributed by atoms with van der Waals surface area (Å²) in [6.45, 7) is 4.50. The van der Waals surface area contributed by atoms with E-state index in [0.717, 1.165) is 6.67 Å². The van der Waals surface area contributed by atoms with E-state index in [9.17, 15) is 8.42 Å². The zero-order chi connectivity index (χ0) is 15.7. The molecular weight excluding hydrogens is 288 g/mol. The average molecular weight is 312 g/mol. The van der Waals surface area contributed by atoms with Crippen LogP contribution in [0.1, 0.15) is 25.3 Å². The molecule has 1 aromatic carbocycles. The van der Waals surface area contributed by atoms with Crippen molar-refractivity contribution in [1.29, 1.82) is 0 Å². The van der Waals surface area contributed by atoms with E-state index < -0.39 is 10.1 Å². The van der Waals surface area contributed by atoms with Gasteiger partial charge in [0.15, 0.2) is 0 Å². The van der Waals surface area contributed by atoms with Gasteiger partial charge in [-0.2, -0.15) is 8.42 Å². The van der Waals surface area contributed by atoms with Gasteiger partial charge in [0.2, 0.25) is 0 Å². The minimum Gasteiger partial charge on any atom is -0.362 e. The van der Waals surface area contributed by atoms with Crippen molar-refractivity contribution in [2.45, 2.75) is 25.5 Å². The monoisotopic (exact) mass is 312 g/mol. The zero-order valence-electron chi connectivity index (χ0n) is 12.6. The molecule has 1 aromatic rings. The first kappa shape index (κ1) is 17.5. The summed E-state index contributed by atoms with van der Waals surface area (Å²) in [6, 6.07) is 8.52. The molecule has 5 nitrogen and oxygen atoms in total. The highest BCUT2D eigenvalue weighted by molar-refractivity contribution is 7.85. The topological polar surface area (TPSA) is 60.9 Å². The highest BCUT2D eigenvalue weighted by Gasteiger charge is 2.06. The lowest BCUT2D eigenvalue weighted by atomic mass is 10.2. The van der Waals surface area contributed by atoms with Crippen molar-refractivity contribution in [2.75, 3.05) is 20.3 Å². The molecule has 0 atom stereocenters. The van der Waals surface area contributed by atoms with Gasteiger partial charge in [-0.15, -0.1) is 0 Å². The molecule has 0 saturated carbocycles. The van der Waals surface area contributed by atoms with Crippen LogP contribution in [0.3, 0.4) is 0 Å². The second-order valence-corrected chi connectivity index (χ2v) is 6.53. The molecule has 0 bridgehead atoms. The molecule has 1 aliphatic heterocycles. The van der Waals surface area contributed by atoms with Gasteiger partial charge in [0.1, 0.15) is 5.75 Å². The Bertz CT molecular complexity index is 529. The summed E-state index contributed by atoms with van der Waals surface area (Å²) >= 11 is 0. The maximum atomic E-state index is 10.4. The van der Waals surface area contributed by atoms with E-state index in [4.69, 9.17) is 4.55 Å². The van der Waals surface area contributed by atoms with Gasteiger partial charge in [-0.25, -0.2) is 0 Å². The standard InChI is InChI=1S/C8H16N2.C7H8O3S/c1-3-4-5-10-7-6-9(2)8-10;8-11(9,10)6-7-4-2-1-3-5-7/h6-7H,3-5,8H2,1-2H3;1-5H,6H2,(H,8,9,10). The Morgan fingerprint density at radius 1 is 1.19 bits per heavy atom. The molecular formula is C15H24N2O3S. The lowest BCUT2D eigenvalue weighted by molar-refractivity contribution is 0.293. The zero-order valence-corrected chi connectivity index (χ0v) is 13.5. The molecule has 0 aromatic heterocycles. The lowest BCUT2D eigenvalue weighted by Gasteiger charge is -2.17. The maximum Gasteiger partial charge on any atom is 0.269 e. The molecule has 1 N–H and O–H groups in total. The van der Waals surface area contributed by atoms with Crippen LogP contribution in [-0.4, -0.2) is 43.0 Å². The number of hydrogen-bond donors (Lipinski definition) is 1. The first-order chi connectivity index (χ1) is 9.90. The van der Waals surface area contributed by atoms with Crippen LogP contribution in [0.25, 0.3) is 0 Å². The second-order valence-electron chi connectivity index (χ2n) is 5.07. The molecule has 1 heterocycles. The largest absolute Gasteiger partial charge is 0.362 e. The van der Waals surface area contributed by atoms with Crippen molar-refractivity contribution in [2.24, 2.45) is 0 Å². The minimum atomic E-state index is -3.88. The predicted molar refractivity (Wildman–Crippen MR) is 85.1 cm³/mol. The summed E-state index contributed by atoms with van der Waals surface area (Å²) in [6.07, 6.45) is 6.87. The molecule has 1 aliphatic rings. The van der Waals surface area contributed by atoms with Crippen molar-refractivity contribution in [3.05, 3.63) is 48.3 Å². The number of nitrogens with zero attached hydrogens (tertiary/aromatic N) is 2. The molecule has 21 heavy (non-hydrogen) atoms. The van der Waals surface area contributed by atoms with Crippen molar-refractivity contribution >= 4 is 10.1 Å². The van der Waals surface area contributed by atoms with Gasteiger partial charge in [-0.05, 0) is 12.0 Å². The summed E-state index contributed by atoms with van der Waals surface area (Å²) in [4.78, 5) is 4.53. The molecule has 0 unspecified atom stereocenters. The summed E-state index contributed by atoms with van der Waals surface area (Å²) in [5.74, 6) is -0.312. The predicted octanol–water partition coefficient (Wildman–Crippen LogP) is 2.54. The van der Waals surface area contributed by atoms with Crippen LogP contribution < -0.4 is 0 Å². The third kappa shape index (κ3) is 8.37. The molecule has 0 amide bonds. The van der Waals surface area contributed by atoms with Crippen molar-refractivity contribution < 1.29 is 13.0 Å². The SMILES string of the molecule is CCCCN1C=CN(C)C1.O=S(=O)(O)Cc1ccccc1. The molecule has 0 aliphatic carbocycles. The molecule has 118 valence electrons. The Balaban J connectivity index is 0.000000211. The number of hydrogen-bond acceptors (Lipinski definition) is 4. The molecule has 0 fully saturated rings. The van der Waals surface area contributed by atoms with E-state index >= 15 is 0 Å². The Kier molecular flexibility index (Phi) is 7.25. The second kappa shape index (κ2) is 8.69. The van der Waals surface area contributed by atoms with Gasteiger partial charge >= 0.3 is 0 Å². The van der Waals surface area contributed by atoms with Crippen molar-refractivity contribution in [3.8, 4) is 0 Å². The third-order valence-corrected chi connectivity index (χ3v) is 3.63. The highest BCUT2D eigenvalue weighted by atomic mass is 32.2. The molecule has 0 spiro atoms. The van der Waals surface area contributed by atoms with Gasteiger partial charge in [-0.1, -0.05) is 43.7 Å². The summed E-state index contributed by atoms with van der Waals surface area (Å²) in [5.41, 5.74) is 0.593. The van der Waals surface area contributed by atoms with Crippen LogP contribution in [0.4, 0.5) is 0 Å². The van der Waals surface area contributed by atoms with Gasteiger partial charge in [0.25, 0.3) is 10.1 Å². The maximum absolute atomic E-state index is 10.4. The number of rotatable bonds is 5. The van der Waals surface area contributed by atoms with E-state index in [2.05, 4.69) is 36.2 Å². The van der Waals surface area contributed by atoms with Gasteiger partial charge < -0.3 is 9.80 Å². The van der Waals surface area contributed by atoms with Crippen LogP contribution in [0, 0.1) is 0 Å². The Morgan fingerprint density at radius 2 is 1.86 bits per heavy atom. The minimum absolute atomic E-state index is 0.312.